The van der Waals surface area contributed by atoms with Crippen LogP contribution < -0.4 is 10.6 Å². The van der Waals surface area contributed by atoms with Crippen molar-refractivity contribution in [1.29, 1.82) is 0 Å². The normalized spacial score (nSPS) is 14.4. The number of thiazole rings is 1. The Bertz CT molecular complexity index is 907. The molecule has 0 saturated carbocycles. The first-order valence-electron chi connectivity index (χ1n) is 9.91. The number of carbonyl (C=O) groups excluding carboxylic acids is 3. The Morgan fingerprint density at radius 3 is 2.60 bits per heavy atom. The van der Waals surface area contributed by atoms with Gasteiger partial charge in [-0.1, -0.05) is 24.8 Å². The van der Waals surface area contributed by atoms with Crippen molar-refractivity contribution in [2.24, 2.45) is 5.92 Å². The average molecular weight is 447 g/mol. The Labute approximate surface area is 184 Å². The fourth-order valence-corrected chi connectivity index (χ4v) is 4.81. The SMILES string of the molecule is CC(=O)Nc1cccc(NC(=O)CSc2nc(CC(=O)N3CCC(C)CC3)cs2)c1. The van der Waals surface area contributed by atoms with Crippen molar-refractivity contribution in [2.45, 2.75) is 37.4 Å². The van der Waals surface area contributed by atoms with Crippen molar-refractivity contribution in [1.82, 2.24) is 9.88 Å². The highest BCUT2D eigenvalue weighted by molar-refractivity contribution is 8.01. The van der Waals surface area contributed by atoms with Gasteiger partial charge in [-0.25, -0.2) is 4.98 Å². The summed E-state index contributed by atoms with van der Waals surface area (Å²) in [5, 5.41) is 7.39. The molecule has 7 nitrogen and oxygen atoms in total. The number of rotatable bonds is 7. The summed E-state index contributed by atoms with van der Waals surface area (Å²) in [5.41, 5.74) is 2.01. The number of benzene rings is 1. The van der Waals surface area contributed by atoms with E-state index in [1.807, 2.05) is 10.3 Å². The molecule has 2 aromatic rings. The maximum Gasteiger partial charge on any atom is 0.234 e. The van der Waals surface area contributed by atoms with Crippen molar-refractivity contribution in [3.63, 3.8) is 0 Å². The van der Waals surface area contributed by atoms with Crippen LogP contribution in [0.4, 0.5) is 11.4 Å². The monoisotopic (exact) mass is 446 g/mol. The molecular weight excluding hydrogens is 420 g/mol. The summed E-state index contributed by atoms with van der Waals surface area (Å²) in [6.07, 6.45) is 2.44. The summed E-state index contributed by atoms with van der Waals surface area (Å²) in [7, 11) is 0. The molecule has 0 atom stereocenters. The number of carbonyl (C=O) groups is 3. The molecule has 0 aliphatic carbocycles. The van der Waals surface area contributed by atoms with Gasteiger partial charge in [-0.15, -0.1) is 11.3 Å². The van der Waals surface area contributed by atoms with Crippen LogP contribution in [-0.2, 0) is 20.8 Å². The summed E-state index contributed by atoms with van der Waals surface area (Å²) in [6, 6.07) is 7.00. The summed E-state index contributed by atoms with van der Waals surface area (Å²) in [4.78, 5) is 42.2. The molecule has 1 aromatic carbocycles. The zero-order valence-corrected chi connectivity index (χ0v) is 18.8. The number of likely N-dealkylation sites (tertiary alicyclic amines) is 1. The molecule has 3 amide bonds. The molecule has 1 saturated heterocycles. The summed E-state index contributed by atoms with van der Waals surface area (Å²) >= 11 is 2.80. The molecule has 1 aliphatic heterocycles. The van der Waals surface area contributed by atoms with Crippen LogP contribution in [0.2, 0.25) is 0 Å². The largest absolute Gasteiger partial charge is 0.342 e. The van der Waals surface area contributed by atoms with Crippen LogP contribution in [-0.4, -0.2) is 46.4 Å². The van der Waals surface area contributed by atoms with Gasteiger partial charge in [0.2, 0.25) is 17.7 Å². The minimum absolute atomic E-state index is 0.126. The first-order chi connectivity index (χ1) is 14.4. The van der Waals surface area contributed by atoms with E-state index in [0.717, 1.165) is 36.0 Å². The van der Waals surface area contributed by atoms with Crippen molar-refractivity contribution < 1.29 is 14.4 Å². The molecule has 1 aromatic heterocycles. The predicted octanol–water partition coefficient (Wildman–Crippen LogP) is 3.63. The Balaban J connectivity index is 1.45. The molecule has 3 rings (SSSR count). The quantitative estimate of drug-likeness (QED) is 0.634. The number of piperidine rings is 1. The molecule has 2 N–H and O–H groups in total. The van der Waals surface area contributed by atoms with Crippen LogP contribution >= 0.6 is 23.1 Å². The van der Waals surface area contributed by atoms with Gasteiger partial charge in [0.05, 0.1) is 17.9 Å². The van der Waals surface area contributed by atoms with Gasteiger partial charge in [0, 0.05) is 36.8 Å². The van der Waals surface area contributed by atoms with Gasteiger partial charge in [0.25, 0.3) is 0 Å². The number of thioether (sulfide) groups is 1. The molecule has 0 radical (unpaired) electrons. The number of hydrogen-bond acceptors (Lipinski definition) is 6. The summed E-state index contributed by atoms with van der Waals surface area (Å²) in [6.45, 7) is 5.32. The lowest BCUT2D eigenvalue weighted by Crippen LogP contribution is -2.38. The first kappa shape index (κ1) is 22.3. The maximum absolute atomic E-state index is 12.4. The number of amides is 3. The lowest BCUT2D eigenvalue weighted by molar-refractivity contribution is -0.131. The standard InChI is InChI=1S/C21H26N4O3S2/c1-14-6-8-25(9-7-14)20(28)11-18-12-29-21(24-18)30-13-19(27)23-17-5-3-4-16(10-17)22-15(2)26/h3-5,10,12,14H,6-9,11,13H2,1-2H3,(H,22,26)(H,23,27). The van der Waals surface area contributed by atoms with E-state index < -0.39 is 0 Å². The van der Waals surface area contributed by atoms with E-state index in [2.05, 4.69) is 22.5 Å². The second-order valence-corrected chi connectivity index (χ2v) is 9.52. The summed E-state index contributed by atoms with van der Waals surface area (Å²) in [5.74, 6) is 0.711. The van der Waals surface area contributed by atoms with Gasteiger partial charge in [-0.05, 0) is 37.0 Å². The van der Waals surface area contributed by atoms with Crippen molar-refractivity contribution in [3.8, 4) is 0 Å². The van der Waals surface area contributed by atoms with E-state index in [4.69, 9.17) is 0 Å². The van der Waals surface area contributed by atoms with Crippen molar-refractivity contribution >= 4 is 52.2 Å². The minimum atomic E-state index is -0.165. The van der Waals surface area contributed by atoms with E-state index in [1.165, 1.54) is 30.0 Å². The maximum atomic E-state index is 12.4. The number of anilines is 2. The molecule has 0 spiro atoms. The topological polar surface area (TPSA) is 91.4 Å². The molecular formula is C21H26N4O3S2. The van der Waals surface area contributed by atoms with Crippen LogP contribution in [0, 0.1) is 5.92 Å². The van der Waals surface area contributed by atoms with E-state index in [1.54, 1.807) is 24.3 Å². The lowest BCUT2D eigenvalue weighted by atomic mass is 9.99. The van der Waals surface area contributed by atoms with Crippen molar-refractivity contribution in [3.05, 3.63) is 35.3 Å². The van der Waals surface area contributed by atoms with E-state index in [0.29, 0.717) is 23.7 Å². The van der Waals surface area contributed by atoms with Crippen LogP contribution in [0.5, 0.6) is 0 Å². The van der Waals surface area contributed by atoms with Gasteiger partial charge in [0.1, 0.15) is 0 Å². The number of aromatic nitrogens is 1. The Morgan fingerprint density at radius 1 is 1.20 bits per heavy atom. The Kier molecular flexibility index (Phi) is 7.87. The van der Waals surface area contributed by atoms with E-state index in [9.17, 15) is 14.4 Å². The first-order valence-corrected chi connectivity index (χ1v) is 11.8. The van der Waals surface area contributed by atoms with Crippen LogP contribution in [0.15, 0.2) is 34.0 Å². The van der Waals surface area contributed by atoms with E-state index in [-0.39, 0.29) is 23.5 Å². The Hall–Kier alpha value is -2.39. The van der Waals surface area contributed by atoms with Gasteiger partial charge in [0.15, 0.2) is 4.34 Å². The molecule has 30 heavy (non-hydrogen) atoms. The highest BCUT2D eigenvalue weighted by Crippen LogP contribution is 2.24. The predicted molar refractivity (Wildman–Crippen MR) is 121 cm³/mol. The lowest BCUT2D eigenvalue weighted by Gasteiger charge is -2.30. The number of hydrogen-bond donors (Lipinski definition) is 2. The highest BCUT2D eigenvalue weighted by atomic mass is 32.2. The third-order valence-electron chi connectivity index (χ3n) is 4.79. The van der Waals surface area contributed by atoms with Crippen LogP contribution in [0.1, 0.15) is 32.4 Å². The average Bonchev–Trinajstić information content (AvgIpc) is 3.14. The summed E-state index contributed by atoms with van der Waals surface area (Å²) < 4.78 is 0.771. The molecule has 9 heteroatoms. The zero-order valence-electron chi connectivity index (χ0n) is 17.1. The molecule has 2 heterocycles. The molecule has 0 unspecified atom stereocenters. The van der Waals surface area contributed by atoms with Gasteiger partial charge >= 0.3 is 0 Å². The van der Waals surface area contributed by atoms with Gasteiger partial charge in [-0.3, -0.25) is 14.4 Å². The van der Waals surface area contributed by atoms with Gasteiger partial charge < -0.3 is 15.5 Å². The van der Waals surface area contributed by atoms with Gasteiger partial charge in [-0.2, -0.15) is 0 Å². The fourth-order valence-electron chi connectivity index (χ4n) is 3.16. The molecule has 0 bridgehead atoms. The third-order valence-corrected chi connectivity index (χ3v) is 6.86. The molecule has 1 fully saturated rings. The molecule has 1 aliphatic rings. The second kappa shape index (κ2) is 10.6. The number of nitrogens with one attached hydrogen (secondary N) is 2. The minimum Gasteiger partial charge on any atom is -0.342 e. The number of nitrogens with zero attached hydrogens (tertiary/aromatic N) is 2. The third kappa shape index (κ3) is 6.84. The molecule has 160 valence electrons. The fraction of sp³-hybridized carbons (Fsp3) is 0.429. The highest BCUT2D eigenvalue weighted by Gasteiger charge is 2.21. The second-order valence-electron chi connectivity index (χ2n) is 7.44. The van der Waals surface area contributed by atoms with Crippen molar-refractivity contribution in [2.75, 3.05) is 29.5 Å². The zero-order chi connectivity index (χ0) is 21.5. The van der Waals surface area contributed by atoms with Crippen LogP contribution in [0.25, 0.3) is 0 Å². The van der Waals surface area contributed by atoms with E-state index >= 15 is 0 Å². The van der Waals surface area contributed by atoms with Crippen LogP contribution in [0.3, 0.4) is 0 Å². The Morgan fingerprint density at radius 2 is 1.90 bits per heavy atom. The smallest absolute Gasteiger partial charge is 0.234 e.